The molecule has 0 heterocycles. The highest BCUT2D eigenvalue weighted by Crippen LogP contribution is 2.10. The number of hydrogen-bond donors (Lipinski definition) is 2. The van der Waals surface area contributed by atoms with Gasteiger partial charge in [0, 0.05) is 0 Å². The summed E-state index contributed by atoms with van der Waals surface area (Å²) in [4.78, 5) is 23.6. The summed E-state index contributed by atoms with van der Waals surface area (Å²) >= 11 is 0. The fourth-order valence-corrected chi connectivity index (χ4v) is 3.25. The van der Waals surface area contributed by atoms with Crippen LogP contribution in [0.25, 0.3) is 0 Å². The molecule has 0 spiro atoms. The van der Waals surface area contributed by atoms with Gasteiger partial charge in [0.05, 0.1) is 13.2 Å². The Bertz CT molecular complexity index is 375. The average Bonchev–Trinajstić information content (AvgIpc) is 2.75. The number of rotatable bonds is 21. The van der Waals surface area contributed by atoms with Gasteiger partial charge in [-0.3, -0.25) is 0 Å². The maximum Gasteiger partial charge on any atom is 0.338 e. The van der Waals surface area contributed by atoms with E-state index in [4.69, 9.17) is 9.47 Å². The second-order valence-electron chi connectivity index (χ2n) is 8.17. The van der Waals surface area contributed by atoms with E-state index in [9.17, 15) is 19.8 Å². The first-order valence-corrected chi connectivity index (χ1v) is 12.2. The van der Waals surface area contributed by atoms with Gasteiger partial charge in [-0.25, -0.2) is 9.59 Å². The van der Waals surface area contributed by atoms with Gasteiger partial charge in [-0.1, -0.05) is 104 Å². The Morgan fingerprint density at radius 3 is 1.10 bits per heavy atom. The maximum atomic E-state index is 11.8. The van der Waals surface area contributed by atoms with Crippen molar-refractivity contribution in [3.05, 3.63) is 0 Å². The largest absolute Gasteiger partial charge is 0.464 e. The first-order valence-electron chi connectivity index (χ1n) is 12.2. The monoisotopic (exact) mass is 430 g/mol. The molecule has 0 saturated carbocycles. The third-order valence-corrected chi connectivity index (χ3v) is 5.27. The Hall–Kier alpha value is -1.14. The highest BCUT2D eigenvalue weighted by atomic mass is 16.6. The molecule has 0 fully saturated rings. The Balaban J connectivity index is 3.69. The minimum absolute atomic E-state index is 0.185. The standard InChI is InChI=1S/C24H46O6/c1-3-5-7-9-11-13-15-17-19-29-23(27)21(25)22(26)24(28)30-20-18-16-14-12-10-8-6-4-2/h21-22,25-26H,3-20H2,1-2H3. The topological polar surface area (TPSA) is 93.1 Å². The highest BCUT2D eigenvalue weighted by molar-refractivity contribution is 5.85. The molecule has 0 rings (SSSR count). The van der Waals surface area contributed by atoms with Crippen LogP contribution >= 0.6 is 0 Å². The summed E-state index contributed by atoms with van der Waals surface area (Å²) in [5, 5.41) is 19.6. The van der Waals surface area contributed by atoms with Gasteiger partial charge < -0.3 is 19.7 Å². The van der Waals surface area contributed by atoms with Gasteiger partial charge in [-0.2, -0.15) is 0 Å². The Labute approximate surface area is 183 Å². The van der Waals surface area contributed by atoms with E-state index >= 15 is 0 Å². The molecule has 0 aromatic rings. The third kappa shape index (κ3) is 16.6. The quantitative estimate of drug-likeness (QED) is 0.195. The summed E-state index contributed by atoms with van der Waals surface area (Å²) in [6.45, 7) is 4.75. The van der Waals surface area contributed by atoms with E-state index in [1.54, 1.807) is 0 Å². The lowest BCUT2D eigenvalue weighted by Gasteiger charge is -2.16. The van der Waals surface area contributed by atoms with Crippen LogP contribution in [0.5, 0.6) is 0 Å². The van der Waals surface area contributed by atoms with Gasteiger partial charge in [0.2, 0.25) is 0 Å². The van der Waals surface area contributed by atoms with Gasteiger partial charge in [-0.15, -0.1) is 0 Å². The molecule has 0 amide bonds. The lowest BCUT2D eigenvalue weighted by atomic mass is 10.1. The molecular weight excluding hydrogens is 384 g/mol. The minimum atomic E-state index is -1.90. The van der Waals surface area contributed by atoms with Crippen molar-refractivity contribution in [1.82, 2.24) is 0 Å². The summed E-state index contributed by atoms with van der Waals surface area (Å²) in [5.74, 6) is -1.95. The van der Waals surface area contributed by atoms with Crippen LogP contribution in [0.2, 0.25) is 0 Å². The van der Waals surface area contributed by atoms with Crippen molar-refractivity contribution in [1.29, 1.82) is 0 Å². The molecule has 2 N–H and O–H groups in total. The lowest BCUT2D eigenvalue weighted by Crippen LogP contribution is -2.41. The van der Waals surface area contributed by atoms with Gasteiger partial charge in [0.1, 0.15) is 0 Å². The van der Waals surface area contributed by atoms with E-state index in [1.165, 1.54) is 64.2 Å². The Morgan fingerprint density at radius 1 is 0.533 bits per heavy atom. The summed E-state index contributed by atoms with van der Waals surface area (Å²) in [7, 11) is 0. The normalized spacial score (nSPS) is 13.1. The minimum Gasteiger partial charge on any atom is -0.464 e. The average molecular weight is 431 g/mol. The molecule has 0 aromatic carbocycles. The van der Waals surface area contributed by atoms with Crippen LogP contribution in [0.15, 0.2) is 0 Å². The fraction of sp³-hybridized carbons (Fsp3) is 0.917. The molecule has 0 bridgehead atoms. The van der Waals surface area contributed by atoms with Crippen molar-refractivity contribution < 1.29 is 29.3 Å². The zero-order valence-electron chi connectivity index (χ0n) is 19.4. The molecular formula is C24H46O6. The molecule has 2 unspecified atom stereocenters. The summed E-state index contributed by atoms with van der Waals surface area (Å²) in [6, 6.07) is 0. The lowest BCUT2D eigenvalue weighted by molar-refractivity contribution is -0.173. The van der Waals surface area contributed by atoms with E-state index in [1.807, 2.05) is 0 Å². The summed E-state index contributed by atoms with van der Waals surface area (Å²) in [6.07, 6.45) is 14.1. The van der Waals surface area contributed by atoms with Gasteiger partial charge in [-0.05, 0) is 12.8 Å². The van der Waals surface area contributed by atoms with Gasteiger partial charge >= 0.3 is 11.9 Å². The summed E-state index contributed by atoms with van der Waals surface area (Å²) < 4.78 is 9.92. The predicted molar refractivity (Wildman–Crippen MR) is 119 cm³/mol. The number of carbonyl (C=O) groups excluding carboxylic acids is 2. The van der Waals surface area contributed by atoms with E-state index in [0.717, 1.165) is 25.7 Å². The van der Waals surface area contributed by atoms with Crippen LogP contribution in [0.3, 0.4) is 0 Å². The number of aliphatic hydroxyl groups is 2. The smallest absolute Gasteiger partial charge is 0.338 e. The summed E-state index contributed by atoms with van der Waals surface area (Å²) in [5.41, 5.74) is 0. The molecule has 0 aliphatic heterocycles. The molecule has 2 atom stereocenters. The molecule has 0 aliphatic carbocycles. The van der Waals surface area contributed by atoms with Crippen LogP contribution in [-0.2, 0) is 19.1 Å². The molecule has 30 heavy (non-hydrogen) atoms. The molecule has 0 aromatic heterocycles. The van der Waals surface area contributed by atoms with E-state index in [-0.39, 0.29) is 13.2 Å². The van der Waals surface area contributed by atoms with Crippen LogP contribution in [0, 0.1) is 0 Å². The van der Waals surface area contributed by atoms with E-state index in [0.29, 0.717) is 12.8 Å². The van der Waals surface area contributed by atoms with Crippen LogP contribution in [0.1, 0.15) is 117 Å². The van der Waals surface area contributed by atoms with Crippen molar-refractivity contribution in [2.24, 2.45) is 0 Å². The van der Waals surface area contributed by atoms with Crippen molar-refractivity contribution >= 4 is 11.9 Å². The van der Waals surface area contributed by atoms with Crippen molar-refractivity contribution in [2.75, 3.05) is 13.2 Å². The van der Waals surface area contributed by atoms with Crippen LogP contribution in [0.4, 0.5) is 0 Å². The highest BCUT2D eigenvalue weighted by Gasteiger charge is 2.32. The van der Waals surface area contributed by atoms with Crippen molar-refractivity contribution in [3.63, 3.8) is 0 Å². The van der Waals surface area contributed by atoms with Crippen molar-refractivity contribution in [2.45, 2.75) is 129 Å². The number of esters is 2. The number of unbranched alkanes of at least 4 members (excludes halogenated alkanes) is 14. The SMILES string of the molecule is CCCCCCCCCCOC(=O)C(O)C(O)C(=O)OCCCCCCCCCC. The second kappa shape index (κ2) is 21.1. The van der Waals surface area contributed by atoms with Gasteiger partial charge in [0.25, 0.3) is 0 Å². The molecule has 0 aliphatic rings. The molecule has 6 nitrogen and oxygen atoms in total. The number of aliphatic hydroxyl groups excluding tert-OH is 2. The molecule has 178 valence electrons. The first-order chi connectivity index (χ1) is 14.5. The first kappa shape index (κ1) is 28.9. The van der Waals surface area contributed by atoms with Crippen LogP contribution in [-0.4, -0.2) is 47.6 Å². The number of ether oxygens (including phenoxy) is 2. The van der Waals surface area contributed by atoms with E-state index < -0.39 is 24.1 Å². The Kier molecular flexibility index (Phi) is 20.3. The zero-order chi connectivity index (χ0) is 22.5. The molecule has 0 saturated heterocycles. The second-order valence-corrected chi connectivity index (χ2v) is 8.17. The van der Waals surface area contributed by atoms with E-state index in [2.05, 4.69) is 13.8 Å². The fourth-order valence-electron chi connectivity index (χ4n) is 3.25. The van der Waals surface area contributed by atoms with Crippen LogP contribution < -0.4 is 0 Å². The maximum absolute atomic E-state index is 11.8. The zero-order valence-corrected chi connectivity index (χ0v) is 19.4. The van der Waals surface area contributed by atoms with Gasteiger partial charge in [0.15, 0.2) is 12.2 Å². The Morgan fingerprint density at radius 2 is 0.800 bits per heavy atom. The number of hydrogen-bond acceptors (Lipinski definition) is 6. The molecule has 0 radical (unpaired) electrons. The predicted octanol–water partition coefficient (Wildman–Crippen LogP) is 5.08. The van der Waals surface area contributed by atoms with Crippen molar-refractivity contribution in [3.8, 4) is 0 Å². The molecule has 6 heteroatoms. The third-order valence-electron chi connectivity index (χ3n) is 5.27. The number of carbonyl (C=O) groups is 2.